The van der Waals surface area contributed by atoms with E-state index in [0.29, 0.717) is 17.2 Å². The lowest BCUT2D eigenvalue weighted by Crippen LogP contribution is -2.08. The van der Waals surface area contributed by atoms with E-state index in [1.165, 1.54) is 23.3 Å². The van der Waals surface area contributed by atoms with Crippen LogP contribution in [0.25, 0.3) is 0 Å². The van der Waals surface area contributed by atoms with E-state index in [4.69, 9.17) is 4.74 Å². The minimum Gasteiger partial charge on any atom is -0.508 e. The summed E-state index contributed by atoms with van der Waals surface area (Å²) in [5.41, 5.74) is 2.99. The first-order valence-electron chi connectivity index (χ1n) is 8.27. The Kier molecular flexibility index (Phi) is 5.14. The number of aromatic hydroxyl groups is 1. The molecule has 1 atom stereocenters. The second kappa shape index (κ2) is 7.67. The summed E-state index contributed by atoms with van der Waals surface area (Å²) in [5.74, 6) is 0.547. The molecule has 0 radical (unpaired) electrons. The summed E-state index contributed by atoms with van der Waals surface area (Å²) >= 11 is 0. The highest BCUT2D eigenvalue weighted by atomic mass is 16.5. The zero-order chi connectivity index (χ0) is 17.6. The van der Waals surface area contributed by atoms with Gasteiger partial charge in [-0.3, -0.25) is 0 Å². The number of phenolic OH excluding ortho intramolecular Hbond substituents is 1. The third kappa shape index (κ3) is 4.48. The Morgan fingerprint density at radius 2 is 1.56 bits per heavy atom. The lowest BCUT2D eigenvalue weighted by molar-refractivity contribution is 0.0734. The topological polar surface area (TPSA) is 46.5 Å². The molecule has 3 aromatic rings. The van der Waals surface area contributed by atoms with E-state index in [0.717, 1.165) is 6.42 Å². The molecule has 0 heterocycles. The van der Waals surface area contributed by atoms with Crippen molar-refractivity contribution < 1.29 is 14.6 Å². The Morgan fingerprint density at radius 1 is 0.920 bits per heavy atom. The molecule has 0 spiro atoms. The summed E-state index contributed by atoms with van der Waals surface area (Å²) in [6.07, 6.45) is 0.914. The molecule has 1 N–H and O–H groups in total. The monoisotopic (exact) mass is 332 g/mol. The molecule has 3 rings (SSSR count). The van der Waals surface area contributed by atoms with Gasteiger partial charge >= 0.3 is 5.97 Å². The molecule has 0 aliphatic carbocycles. The molecule has 3 nitrogen and oxygen atoms in total. The summed E-state index contributed by atoms with van der Waals surface area (Å²) in [5, 5.41) is 9.25. The molecule has 0 bridgehead atoms. The van der Waals surface area contributed by atoms with Crippen molar-refractivity contribution in [3.8, 4) is 11.5 Å². The van der Waals surface area contributed by atoms with Crippen molar-refractivity contribution in [1.29, 1.82) is 0 Å². The number of hydrogen-bond donors (Lipinski definition) is 1. The van der Waals surface area contributed by atoms with E-state index in [1.807, 2.05) is 30.3 Å². The normalized spacial score (nSPS) is 11.7. The molecule has 0 aliphatic rings. The Morgan fingerprint density at radius 3 is 2.20 bits per heavy atom. The molecule has 0 amide bonds. The average molecular weight is 332 g/mol. The van der Waals surface area contributed by atoms with Crippen molar-refractivity contribution in [2.45, 2.75) is 19.3 Å². The Labute approximate surface area is 147 Å². The zero-order valence-electron chi connectivity index (χ0n) is 14.1. The maximum atomic E-state index is 12.2. The van der Waals surface area contributed by atoms with Crippen molar-refractivity contribution in [3.05, 3.63) is 95.6 Å². The van der Waals surface area contributed by atoms with Crippen molar-refractivity contribution in [1.82, 2.24) is 0 Å². The number of phenols is 1. The highest BCUT2D eigenvalue weighted by Gasteiger charge is 2.10. The van der Waals surface area contributed by atoms with E-state index >= 15 is 0 Å². The van der Waals surface area contributed by atoms with Gasteiger partial charge in [-0.05, 0) is 59.9 Å². The van der Waals surface area contributed by atoms with E-state index in [2.05, 4.69) is 19.1 Å². The van der Waals surface area contributed by atoms with Crippen LogP contribution in [0.4, 0.5) is 0 Å². The van der Waals surface area contributed by atoms with E-state index in [9.17, 15) is 9.90 Å². The van der Waals surface area contributed by atoms with Crippen LogP contribution in [0, 0.1) is 0 Å². The third-order valence-electron chi connectivity index (χ3n) is 4.15. The average Bonchev–Trinajstić information content (AvgIpc) is 2.65. The number of carbonyl (C=O) groups excluding carboxylic acids is 1. The number of hydrogen-bond acceptors (Lipinski definition) is 3. The smallest absolute Gasteiger partial charge is 0.343 e. The molecule has 25 heavy (non-hydrogen) atoms. The van der Waals surface area contributed by atoms with Crippen LogP contribution in [0.3, 0.4) is 0 Å². The second-order valence-electron chi connectivity index (χ2n) is 6.10. The predicted molar refractivity (Wildman–Crippen MR) is 98.1 cm³/mol. The van der Waals surface area contributed by atoms with Gasteiger partial charge in [0.2, 0.25) is 0 Å². The molecular weight excluding hydrogens is 312 g/mol. The molecular formula is C22H20O3. The SMILES string of the molecule is CC(Cc1ccc(C(=O)Oc2ccc(O)cc2)cc1)c1ccccc1. The van der Waals surface area contributed by atoms with Crippen molar-refractivity contribution in [3.63, 3.8) is 0 Å². The maximum Gasteiger partial charge on any atom is 0.343 e. The Bertz CT molecular complexity index is 821. The van der Waals surface area contributed by atoms with Gasteiger partial charge in [0.05, 0.1) is 5.56 Å². The van der Waals surface area contributed by atoms with Crippen LogP contribution in [0.5, 0.6) is 11.5 Å². The highest BCUT2D eigenvalue weighted by Crippen LogP contribution is 2.21. The van der Waals surface area contributed by atoms with Crippen LogP contribution >= 0.6 is 0 Å². The van der Waals surface area contributed by atoms with Crippen LogP contribution in [0.1, 0.15) is 34.3 Å². The van der Waals surface area contributed by atoms with Gasteiger partial charge in [0, 0.05) is 0 Å². The molecule has 0 saturated heterocycles. The Balaban J connectivity index is 1.63. The standard InChI is InChI=1S/C22H20O3/c1-16(18-5-3-2-4-6-18)15-17-7-9-19(10-8-17)22(24)25-21-13-11-20(23)12-14-21/h2-14,16,23H,15H2,1H3. The molecule has 1 unspecified atom stereocenters. The van der Waals surface area contributed by atoms with Crippen molar-refractivity contribution in [2.75, 3.05) is 0 Å². The van der Waals surface area contributed by atoms with E-state index in [-0.39, 0.29) is 5.75 Å². The quantitative estimate of drug-likeness (QED) is 0.531. The van der Waals surface area contributed by atoms with E-state index in [1.54, 1.807) is 24.3 Å². The third-order valence-corrected chi connectivity index (χ3v) is 4.15. The van der Waals surface area contributed by atoms with Crippen LogP contribution in [-0.2, 0) is 6.42 Å². The van der Waals surface area contributed by atoms with Crippen LogP contribution in [0.2, 0.25) is 0 Å². The summed E-state index contributed by atoms with van der Waals surface area (Å²) in [6, 6.07) is 24.0. The molecule has 0 saturated carbocycles. The molecule has 126 valence electrons. The van der Waals surface area contributed by atoms with Gasteiger partial charge in [0.15, 0.2) is 0 Å². The fourth-order valence-corrected chi connectivity index (χ4v) is 2.71. The largest absolute Gasteiger partial charge is 0.508 e. The number of esters is 1. The molecule has 0 aromatic heterocycles. The minimum atomic E-state index is -0.409. The Hall–Kier alpha value is -3.07. The minimum absolute atomic E-state index is 0.136. The number of rotatable bonds is 5. The van der Waals surface area contributed by atoms with Crippen LogP contribution in [0.15, 0.2) is 78.9 Å². The van der Waals surface area contributed by atoms with E-state index < -0.39 is 5.97 Å². The summed E-state index contributed by atoms with van der Waals surface area (Å²) in [6.45, 7) is 2.20. The van der Waals surface area contributed by atoms with Gasteiger partial charge in [-0.15, -0.1) is 0 Å². The first-order valence-corrected chi connectivity index (χ1v) is 8.27. The first kappa shape index (κ1) is 16.8. The lowest BCUT2D eigenvalue weighted by atomic mass is 9.93. The molecule has 3 aromatic carbocycles. The fourth-order valence-electron chi connectivity index (χ4n) is 2.71. The number of ether oxygens (including phenoxy) is 1. The first-order chi connectivity index (χ1) is 12.1. The maximum absolute atomic E-state index is 12.2. The zero-order valence-corrected chi connectivity index (χ0v) is 14.1. The van der Waals surface area contributed by atoms with Gasteiger partial charge in [0.25, 0.3) is 0 Å². The van der Waals surface area contributed by atoms with Gasteiger partial charge in [-0.2, -0.15) is 0 Å². The second-order valence-corrected chi connectivity index (χ2v) is 6.10. The van der Waals surface area contributed by atoms with Gasteiger partial charge in [-0.1, -0.05) is 49.4 Å². The van der Waals surface area contributed by atoms with Gasteiger partial charge in [0.1, 0.15) is 11.5 Å². The summed E-state index contributed by atoms with van der Waals surface area (Å²) in [4.78, 5) is 12.2. The molecule has 3 heteroatoms. The van der Waals surface area contributed by atoms with Gasteiger partial charge in [-0.25, -0.2) is 4.79 Å². The highest BCUT2D eigenvalue weighted by molar-refractivity contribution is 5.91. The number of benzene rings is 3. The molecule has 0 fully saturated rings. The van der Waals surface area contributed by atoms with Crippen LogP contribution in [-0.4, -0.2) is 11.1 Å². The predicted octanol–water partition coefficient (Wildman–Crippen LogP) is 4.96. The summed E-state index contributed by atoms with van der Waals surface area (Å²) < 4.78 is 5.30. The number of carbonyl (C=O) groups is 1. The van der Waals surface area contributed by atoms with Crippen LogP contribution < -0.4 is 4.74 Å². The molecule has 0 aliphatic heterocycles. The van der Waals surface area contributed by atoms with Crippen molar-refractivity contribution >= 4 is 5.97 Å². The fraction of sp³-hybridized carbons (Fsp3) is 0.136. The van der Waals surface area contributed by atoms with Gasteiger partial charge < -0.3 is 9.84 Å². The summed E-state index contributed by atoms with van der Waals surface area (Å²) in [7, 11) is 0. The van der Waals surface area contributed by atoms with Crippen molar-refractivity contribution in [2.24, 2.45) is 0 Å². The lowest BCUT2D eigenvalue weighted by Gasteiger charge is -2.12.